The third-order valence-corrected chi connectivity index (χ3v) is 2.73. The highest BCUT2D eigenvalue weighted by molar-refractivity contribution is 7.16. The van der Waals surface area contributed by atoms with E-state index in [1.54, 1.807) is 0 Å². The number of rotatable bonds is 3. The van der Waals surface area contributed by atoms with E-state index in [0.717, 1.165) is 10.4 Å². The zero-order chi connectivity index (χ0) is 9.84. The van der Waals surface area contributed by atoms with E-state index in [-0.39, 0.29) is 18.4 Å². The van der Waals surface area contributed by atoms with Crippen molar-refractivity contribution in [1.29, 1.82) is 0 Å². The number of amides is 1. The van der Waals surface area contributed by atoms with Gasteiger partial charge in [0.05, 0.1) is 6.61 Å². The minimum atomic E-state index is -0.252. The second kappa shape index (κ2) is 4.60. The molecule has 0 atom stereocenters. The molecule has 0 aliphatic carbocycles. The molecule has 3 nitrogen and oxygen atoms in total. The zero-order valence-corrected chi connectivity index (χ0v) is 8.71. The van der Waals surface area contributed by atoms with Crippen LogP contribution in [0.1, 0.15) is 10.4 Å². The first-order valence-corrected chi connectivity index (χ1v) is 5.08. The van der Waals surface area contributed by atoms with E-state index in [1.807, 2.05) is 13.0 Å². The molecule has 1 rings (SSSR count). The first-order valence-electron chi connectivity index (χ1n) is 3.73. The van der Waals surface area contributed by atoms with Crippen LogP contribution in [-0.4, -0.2) is 16.9 Å². The van der Waals surface area contributed by atoms with E-state index in [1.165, 1.54) is 11.3 Å². The van der Waals surface area contributed by atoms with E-state index >= 15 is 0 Å². The number of halogens is 1. The predicted molar refractivity (Wildman–Crippen MR) is 54.3 cm³/mol. The summed E-state index contributed by atoms with van der Waals surface area (Å²) in [5.41, 5.74) is 0.737. The second-order valence-electron chi connectivity index (χ2n) is 2.55. The van der Waals surface area contributed by atoms with E-state index < -0.39 is 0 Å². The Labute approximate surface area is 85.3 Å². The molecule has 0 saturated heterocycles. The molecule has 0 saturated carbocycles. The molecule has 0 aliphatic heterocycles. The Hall–Kier alpha value is -0.580. The minimum Gasteiger partial charge on any atom is -0.392 e. The van der Waals surface area contributed by atoms with E-state index in [4.69, 9.17) is 16.7 Å². The number of hydrogen-bond donors (Lipinski definition) is 2. The Morgan fingerprint density at radius 2 is 2.46 bits per heavy atom. The molecule has 0 unspecified atom stereocenters. The Bertz CT molecular complexity index is 311. The molecule has 0 aliphatic rings. The molecule has 1 aromatic heterocycles. The van der Waals surface area contributed by atoms with Gasteiger partial charge in [0.2, 0.25) is 5.91 Å². The summed E-state index contributed by atoms with van der Waals surface area (Å²) in [7, 11) is 0. The van der Waals surface area contributed by atoms with Gasteiger partial charge in [-0.2, -0.15) is 0 Å². The topological polar surface area (TPSA) is 49.3 Å². The van der Waals surface area contributed by atoms with Crippen molar-refractivity contribution in [1.82, 2.24) is 0 Å². The third-order valence-electron chi connectivity index (χ3n) is 1.48. The van der Waals surface area contributed by atoms with Crippen molar-refractivity contribution in [3.63, 3.8) is 0 Å². The standard InChI is InChI=1S/C8H10ClNO2S/c1-5-2-6(4-11)8(13-5)10-7(12)3-9/h2,11H,3-4H2,1H3,(H,10,12). The fraction of sp³-hybridized carbons (Fsp3) is 0.375. The van der Waals surface area contributed by atoms with Crippen molar-refractivity contribution >= 4 is 33.8 Å². The molecular weight excluding hydrogens is 210 g/mol. The van der Waals surface area contributed by atoms with Crippen molar-refractivity contribution in [2.75, 3.05) is 11.2 Å². The maximum absolute atomic E-state index is 10.9. The third kappa shape index (κ3) is 2.69. The van der Waals surface area contributed by atoms with Gasteiger partial charge in [0.15, 0.2) is 0 Å². The van der Waals surface area contributed by atoms with Gasteiger partial charge in [-0.1, -0.05) is 0 Å². The van der Waals surface area contributed by atoms with Crippen LogP contribution in [0.5, 0.6) is 0 Å². The molecule has 13 heavy (non-hydrogen) atoms. The number of aliphatic hydroxyl groups is 1. The van der Waals surface area contributed by atoms with Gasteiger partial charge in [-0.05, 0) is 13.0 Å². The van der Waals surface area contributed by atoms with Crippen LogP contribution in [0.2, 0.25) is 0 Å². The number of nitrogens with one attached hydrogen (secondary N) is 1. The van der Waals surface area contributed by atoms with Gasteiger partial charge < -0.3 is 10.4 Å². The first-order chi connectivity index (χ1) is 6.17. The fourth-order valence-corrected chi connectivity index (χ4v) is 1.96. The van der Waals surface area contributed by atoms with Crippen LogP contribution in [0.4, 0.5) is 5.00 Å². The Kier molecular flexibility index (Phi) is 3.71. The maximum Gasteiger partial charge on any atom is 0.239 e. The lowest BCUT2D eigenvalue weighted by molar-refractivity contribution is -0.113. The Morgan fingerprint density at radius 1 is 1.77 bits per heavy atom. The number of hydrogen-bond acceptors (Lipinski definition) is 3. The lowest BCUT2D eigenvalue weighted by Gasteiger charge is -2.00. The molecule has 0 spiro atoms. The van der Waals surface area contributed by atoms with Crippen LogP contribution in [-0.2, 0) is 11.4 Å². The van der Waals surface area contributed by atoms with Gasteiger partial charge in [0.25, 0.3) is 0 Å². The van der Waals surface area contributed by atoms with Gasteiger partial charge in [-0.15, -0.1) is 22.9 Å². The van der Waals surface area contributed by atoms with E-state index in [0.29, 0.717) is 5.00 Å². The van der Waals surface area contributed by atoms with Crippen molar-refractivity contribution in [2.24, 2.45) is 0 Å². The van der Waals surface area contributed by atoms with Gasteiger partial charge in [-0.25, -0.2) is 0 Å². The molecule has 2 N–H and O–H groups in total. The lowest BCUT2D eigenvalue weighted by Crippen LogP contribution is -2.12. The van der Waals surface area contributed by atoms with Crippen LogP contribution >= 0.6 is 22.9 Å². The zero-order valence-electron chi connectivity index (χ0n) is 7.13. The average Bonchev–Trinajstić information content (AvgIpc) is 2.46. The fourth-order valence-electron chi connectivity index (χ4n) is 0.950. The van der Waals surface area contributed by atoms with Crippen LogP contribution < -0.4 is 5.32 Å². The summed E-state index contributed by atoms with van der Waals surface area (Å²) in [6, 6.07) is 1.84. The minimum absolute atomic E-state index is 0.0672. The summed E-state index contributed by atoms with van der Waals surface area (Å²) in [5, 5.41) is 12.2. The number of carbonyl (C=O) groups excluding carboxylic acids is 1. The number of carbonyl (C=O) groups is 1. The number of aliphatic hydroxyl groups excluding tert-OH is 1. The van der Waals surface area contributed by atoms with Gasteiger partial charge in [0.1, 0.15) is 10.9 Å². The first kappa shape index (κ1) is 10.5. The highest BCUT2D eigenvalue weighted by atomic mass is 35.5. The summed E-state index contributed by atoms with van der Waals surface area (Å²) in [6.45, 7) is 1.85. The molecule has 0 fully saturated rings. The molecule has 72 valence electrons. The number of thiophene rings is 1. The summed E-state index contributed by atoms with van der Waals surface area (Å²) < 4.78 is 0. The Balaban J connectivity index is 2.80. The number of alkyl halides is 1. The molecule has 1 aromatic rings. The molecule has 0 aromatic carbocycles. The summed E-state index contributed by atoms with van der Waals surface area (Å²) in [4.78, 5) is 12.0. The van der Waals surface area contributed by atoms with Gasteiger partial charge in [-0.3, -0.25) is 4.79 Å². The largest absolute Gasteiger partial charge is 0.392 e. The highest BCUT2D eigenvalue weighted by Gasteiger charge is 2.08. The molecule has 0 bridgehead atoms. The number of aryl methyl sites for hydroxylation is 1. The smallest absolute Gasteiger partial charge is 0.239 e. The van der Waals surface area contributed by atoms with Crippen molar-refractivity contribution in [2.45, 2.75) is 13.5 Å². The van der Waals surface area contributed by atoms with Gasteiger partial charge in [0, 0.05) is 10.4 Å². The predicted octanol–water partition coefficient (Wildman–Crippen LogP) is 1.73. The van der Waals surface area contributed by atoms with Crippen molar-refractivity contribution in [3.8, 4) is 0 Å². The monoisotopic (exact) mass is 219 g/mol. The van der Waals surface area contributed by atoms with E-state index in [9.17, 15) is 4.79 Å². The highest BCUT2D eigenvalue weighted by Crippen LogP contribution is 2.27. The second-order valence-corrected chi connectivity index (χ2v) is 4.07. The van der Waals surface area contributed by atoms with Crippen LogP contribution in [0.15, 0.2) is 6.07 Å². The average molecular weight is 220 g/mol. The van der Waals surface area contributed by atoms with E-state index in [2.05, 4.69) is 5.32 Å². The van der Waals surface area contributed by atoms with Crippen molar-refractivity contribution in [3.05, 3.63) is 16.5 Å². The molecule has 0 radical (unpaired) electrons. The Morgan fingerprint density at radius 3 is 3.00 bits per heavy atom. The molecule has 1 heterocycles. The van der Waals surface area contributed by atoms with Crippen molar-refractivity contribution < 1.29 is 9.90 Å². The number of anilines is 1. The summed E-state index contributed by atoms with van der Waals surface area (Å²) in [6.07, 6.45) is 0. The van der Waals surface area contributed by atoms with Crippen LogP contribution in [0.25, 0.3) is 0 Å². The molecule has 5 heteroatoms. The summed E-state index contributed by atoms with van der Waals surface area (Å²) in [5.74, 6) is -0.319. The SMILES string of the molecule is Cc1cc(CO)c(NC(=O)CCl)s1. The molecule has 1 amide bonds. The lowest BCUT2D eigenvalue weighted by atomic mass is 10.3. The normalized spacial score (nSPS) is 10.1. The van der Waals surface area contributed by atoms with Crippen LogP contribution in [0.3, 0.4) is 0 Å². The molecular formula is C8H10ClNO2S. The van der Waals surface area contributed by atoms with Gasteiger partial charge >= 0.3 is 0 Å². The maximum atomic E-state index is 10.9. The quantitative estimate of drug-likeness (QED) is 0.761. The summed E-state index contributed by atoms with van der Waals surface area (Å²) >= 11 is 6.77. The van der Waals surface area contributed by atoms with Crippen LogP contribution in [0, 0.1) is 6.92 Å².